The molecule has 0 spiro atoms. The first kappa shape index (κ1) is 17.4. The third kappa shape index (κ3) is 6.57. The molecule has 1 fully saturated rings. The zero-order valence-corrected chi connectivity index (χ0v) is 12.8. The molecule has 2 amide bonds. The van der Waals surface area contributed by atoms with Gasteiger partial charge in [0.15, 0.2) is 0 Å². The van der Waals surface area contributed by atoms with Crippen LogP contribution in [0.4, 0.5) is 0 Å². The van der Waals surface area contributed by atoms with Crippen molar-refractivity contribution in [2.75, 3.05) is 26.3 Å². The summed E-state index contributed by atoms with van der Waals surface area (Å²) in [5, 5.41) is 11.4. The molecule has 1 saturated heterocycles. The minimum atomic E-state index is -0.972. The fourth-order valence-corrected chi connectivity index (χ4v) is 2.17. The number of rotatable bonds is 5. The molecular formula is C14H24N2O5. The minimum absolute atomic E-state index is 0.106. The summed E-state index contributed by atoms with van der Waals surface area (Å²) < 4.78 is 5.21. The van der Waals surface area contributed by atoms with Gasteiger partial charge in [-0.05, 0) is 5.41 Å². The Balaban J connectivity index is 2.48. The van der Waals surface area contributed by atoms with E-state index in [0.717, 1.165) is 0 Å². The van der Waals surface area contributed by atoms with Crippen LogP contribution in [0.15, 0.2) is 0 Å². The zero-order valence-electron chi connectivity index (χ0n) is 12.8. The van der Waals surface area contributed by atoms with Crippen molar-refractivity contribution in [2.45, 2.75) is 39.7 Å². The Morgan fingerprint density at radius 2 is 2.00 bits per heavy atom. The van der Waals surface area contributed by atoms with E-state index in [1.165, 1.54) is 4.90 Å². The van der Waals surface area contributed by atoms with Gasteiger partial charge >= 0.3 is 5.97 Å². The van der Waals surface area contributed by atoms with E-state index in [2.05, 4.69) is 5.32 Å². The number of nitrogens with one attached hydrogen (secondary N) is 1. The van der Waals surface area contributed by atoms with Crippen molar-refractivity contribution >= 4 is 17.8 Å². The first-order valence-corrected chi connectivity index (χ1v) is 7.05. The number of aliphatic carboxylic acids is 1. The molecule has 0 saturated carbocycles. The van der Waals surface area contributed by atoms with Crippen LogP contribution in [0.3, 0.4) is 0 Å². The van der Waals surface area contributed by atoms with Gasteiger partial charge < -0.3 is 20.1 Å². The number of amides is 2. The molecule has 7 heteroatoms. The fourth-order valence-electron chi connectivity index (χ4n) is 2.17. The van der Waals surface area contributed by atoms with Gasteiger partial charge in [-0.15, -0.1) is 0 Å². The lowest BCUT2D eigenvalue weighted by molar-refractivity contribution is -0.146. The Morgan fingerprint density at radius 1 is 1.33 bits per heavy atom. The molecule has 0 aromatic heterocycles. The van der Waals surface area contributed by atoms with Gasteiger partial charge in [0.05, 0.1) is 32.2 Å². The van der Waals surface area contributed by atoms with Gasteiger partial charge in [-0.1, -0.05) is 20.8 Å². The first-order valence-electron chi connectivity index (χ1n) is 7.05. The zero-order chi connectivity index (χ0) is 16.0. The Kier molecular flexibility index (Phi) is 6.14. The second-order valence-corrected chi connectivity index (χ2v) is 6.43. The predicted molar refractivity (Wildman–Crippen MR) is 75.7 cm³/mol. The summed E-state index contributed by atoms with van der Waals surface area (Å²) in [5.74, 6) is -1.43. The third-order valence-corrected chi connectivity index (χ3v) is 3.09. The minimum Gasteiger partial charge on any atom is -0.481 e. The molecule has 0 aromatic carbocycles. The second-order valence-electron chi connectivity index (χ2n) is 6.43. The molecule has 21 heavy (non-hydrogen) atoms. The number of carboxylic acids is 1. The van der Waals surface area contributed by atoms with E-state index in [-0.39, 0.29) is 36.8 Å². The van der Waals surface area contributed by atoms with Gasteiger partial charge in [0, 0.05) is 13.0 Å². The maximum absolute atomic E-state index is 12.1. The van der Waals surface area contributed by atoms with Crippen molar-refractivity contribution in [3.05, 3.63) is 0 Å². The van der Waals surface area contributed by atoms with Crippen LogP contribution in [0.2, 0.25) is 0 Å². The summed E-state index contributed by atoms with van der Waals surface area (Å²) in [6.45, 7) is 6.68. The van der Waals surface area contributed by atoms with E-state index >= 15 is 0 Å². The Hall–Kier alpha value is -1.63. The lowest BCUT2D eigenvalue weighted by Crippen LogP contribution is -2.52. The highest BCUT2D eigenvalue weighted by atomic mass is 16.5. The van der Waals surface area contributed by atoms with Gasteiger partial charge in [-0.25, -0.2) is 0 Å². The van der Waals surface area contributed by atoms with E-state index in [4.69, 9.17) is 9.84 Å². The Bertz CT molecular complexity index is 403. The van der Waals surface area contributed by atoms with Gasteiger partial charge in [0.1, 0.15) is 0 Å². The average molecular weight is 300 g/mol. The maximum Gasteiger partial charge on any atom is 0.305 e. The maximum atomic E-state index is 12.1. The van der Waals surface area contributed by atoms with Crippen LogP contribution in [-0.2, 0) is 19.1 Å². The topological polar surface area (TPSA) is 95.9 Å². The van der Waals surface area contributed by atoms with Gasteiger partial charge in [0.25, 0.3) is 0 Å². The molecule has 1 aliphatic heterocycles. The smallest absolute Gasteiger partial charge is 0.305 e. The van der Waals surface area contributed by atoms with E-state index in [1.54, 1.807) is 0 Å². The lowest BCUT2D eigenvalue weighted by atomic mass is 9.92. The van der Waals surface area contributed by atoms with Crippen molar-refractivity contribution in [2.24, 2.45) is 5.41 Å². The van der Waals surface area contributed by atoms with E-state index in [0.29, 0.717) is 19.6 Å². The molecule has 1 atom stereocenters. The largest absolute Gasteiger partial charge is 0.481 e. The third-order valence-electron chi connectivity index (χ3n) is 3.09. The van der Waals surface area contributed by atoms with Crippen LogP contribution in [-0.4, -0.2) is 60.1 Å². The van der Waals surface area contributed by atoms with Crippen molar-refractivity contribution < 1.29 is 24.2 Å². The van der Waals surface area contributed by atoms with Gasteiger partial charge in [0.2, 0.25) is 11.8 Å². The molecule has 1 heterocycles. The monoisotopic (exact) mass is 300 g/mol. The molecule has 0 bridgehead atoms. The van der Waals surface area contributed by atoms with Crippen molar-refractivity contribution in [3.8, 4) is 0 Å². The average Bonchev–Trinajstić information content (AvgIpc) is 2.34. The number of hydrogen-bond donors (Lipinski definition) is 2. The SMILES string of the molecule is CC(C)(C)CC(=O)NCC(=O)N1CCOCC1CC(=O)O. The van der Waals surface area contributed by atoms with Crippen LogP contribution in [0.1, 0.15) is 33.6 Å². The summed E-state index contributed by atoms with van der Waals surface area (Å²) in [4.78, 5) is 36.1. The highest BCUT2D eigenvalue weighted by molar-refractivity contribution is 5.85. The molecule has 1 unspecified atom stereocenters. The number of morpholine rings is 1. The lowest BCUT2D eigenvalue weighted by Gasteiger charge is -2.35. The number of carbonyl (C=O) groups is 3. The Labute approximate surface area is 124 Å². The normalized spacial score (nSPS) is 19.2. The van der Waals surface area contributed by atoms with Crippen LogP contribution >= 0.6 is 0 Å². The summed E-state index contributed by atoms with van der Waals surface area (Å²) in [6, 6.07) is -0.469. The Morgan fingerprint density at radius 3 is 2.57 bits per heavy atom. The molecule has 0 aliphatic carbocycles. The quantitative estimate of drug-likeness (QED) is 0.758. The summed E-state index contributed by atoms with van der Waals surface area (Å²) in [6.07, 6.45) is 0.184. The van der Waals surface area contributed by atoms with Gasteiger partial charge in [-0.3, -0.25) is 14.4 Å². The van der Waals surface area contributed by atoms with Crippen LogP contribution in [0.25, 0.3) is 0 Å². The summed E-state index contributed by atoms with van der Waals surface area (Å²) >= 11 is 0. The molecule has 120 valence electrons. The predicted octanol–water partition coefficient (Wildman–Crippen LogP) is 0.241. The van der Waals surface area contributed by atoms with E-state index < -0.39 is 12.0 Å². The standard InChI is InChI=1S/C14H24N2O5/c1-14(2,3)7-11(17)15-8-12(18)16-4-5-21-9-10(16)6-13(19)20/h10H,4-9H2,1-3H3,(H,15,17)(H,19,20). The summed E-state index contributed by atoms with van der Waals surface area (Å²) in [5.41, 5.74) is -0.141. The molecule has 2 N–H and O–H groups in total. The molecule has 1 rings (SSSR count). The second kappa shape index (κ2) is 7.40. The number of ether oxygens (including phenoxy) is 1. The van der Waals surface area contributed by atoms with Gasteiger partial charge in [-0.2, -0.15) is 0 Å². The molecular weight excluding hydrogens is 276 g/mol. The van der Waals surface area contributed by atoms with Crippen molar-refractivity contribution in [1.29, 1.82) is 0 Å². The van der Waals surface area contributed by atoms with Crippen LogP contribution in [0, 0.1) is 5.41 Å². The van der Waals surface area contributed by atoms with E-state index in [9.17, 15) is 14.4 Å². The molecule has 0 radical (unpaired) electrons. The first-order chi connectivity index (χ1) is 9.69. The van der Waals surface area contributed by atoms with Crippen LogP contribution < -0.4 is 5.32 Å². The number of carboxylic acid groups (broad SMARTS) is 1. The molecule has 0 aromatic rings. The summed E-state index contributed by atoms with van der Waals surface area (Å²) in [7, 11) is 0. The highest BCUT2D eigenvalue weighted by Gasteiger charge is 2.29. The highest BCUT2D eigenvalue weighted by Crippen LogP contribution is 2.17. The van der Waals surface area contributed by atoms with Crippen LogP contribution in [0.5, 0.6) is 0 Å². The van der Waals surface area contributed by atoms with Crippen molar-refractivity contribution in [1.82, 2.24) is 10.2 Å². The van der Waals surface area contributed by atoms with E-state index in [1.807, 2.05) is 20.8 Å². The fraction of sp³-hybridized carbons (Fsp3) is 0.786. The molecule has 7 nitrogen and oxygen atoms in total. The number of nitrogens with zero attached hydrogens (tertiary/aromatic N) is 1. The molecule has 1 aliphatic rings. The van der Waals surface area contributed by atoms with Crippen molar-refractivity contribution in [3.63, 3.8) is 0 Å². The number of carbonyl (C=O) groups excluding carboxylic acids is 2. The number of hydrogen-bond acceptors (Lipinski definition) is 4.